The zero-order valence-electron chi connectivity index (χ0n) is 12.8. The summed E-state index contributed by atoms with van der Waals surface area (Å²) in [7, 11) is 1.33. The summed E-state index contributed by atoms with van der Waals surface area (Å²) in [4.78, 5) is 25.7. The molecule has 0 radical (unpaired) electrons. The SMILES string of the molecule is COC(=O)C(C)CN(CCCO)C(=O)c1cccc(C)c1. The molecule has 1 aromatic rings. The lowest BCUT2D eigenvalue weighted by molar-refractivity contribution is -0.145. The monoisotopic (exact) mass is 293 g/mol. The number of aliphatic hydroxyl groups excluding tert-OH is 1. The maximum absolute atomic E-state index is 12.5. The van der Waals surface area contributed by atoms with E-state index in [9.17, 15) is 9.59 Å². The minimum Gasteiger partial charge on any atom is -0.469 e. The molecular weight excluding hydrogens is 270 g/mol. The number of aliphatic hydroxyl groups is 1. The molecule has 0 saturated heterocycles. The van der Waals surface area contributed by atoms with E-state index in [1.54, 1.807) is 17.9 Å². The van der Waals surface area contributed by atoms with Gasteiger partial charge < -0.3 is 14.7 Å². The topological polar surface area (TPSA) is 66.8 Å². The number of ether oxygens (including phenoxy) is 1. The number of hydrogen-bond donors (Lipinski definition) is 1. The predicted octanol–water partition coefficient (Wildman–Crippen LogP) is 1.63. The first-order valence-corrected chi connectivity index (χ1v) is 7.04. The van der Waals surface area contributed by atoms with Crippen LogP contribution in [0.15, 0.2) is 24.3 Å². The third kappa shape index (κ3) is 5.19. The van der Waals surface area contributed by atoms with Crippen molar-refractivity contribution < 1.29 is 19.4 Å². The van der Waals surface area contributed by atoms with E-state index in [2.05, 4.69) is 0 Å². The molecule has 1 atom stereocenters. The zero-order chi connectivity index (χ0) is 15.8. The molecule has 0 aliphatic heterocycles. The van der Waals surface area contributed by atoms with Crippen LogP contribution < -0.4 is 0 Å². The van der Waals surface area contributed by atoms with Crippen molar-refractivity contribution in [2.75, 3.05) is 26.8 Å². The summed E-state index contributed by atoms with van der Waals surface area (Å²) in [6.07, 6.45) is 0.478. The van der Waals surface area contributed by atoms with Crippen LogP contribution in [0.3, 0.4) is 0 Å². The Bertz CT molecular complexity index is 487. The Hall–Kier alpha value is -1.88. The number of amides is 1. The lowest BCUT2D eigenvalue weighted by atomic mass is 10.1. The van der Waals surface area contributed by atoms with Crippen molar-refractivity contribution in [3.05, 3.63) is 35.4 Å². The Balaban J connectivity index is 2.85. The summed E-state index contributed by atoms with van der Waals surface area (Å²) in [5.74, 6) is -0.883. The van der Waals surface area contributed by atoms with Gasteiger partial charge in [-0.05, 0) is 25.5 Å². The lowest BCUT2D eigenvalue weighted by Crippen LogP contribution is -2.38. The molecule has 1 rings (SSSR count). The van der Waals surface area contributed by atoms with Gasteiger partial charge >= 0.3 is 5.97 Å². The summed E-state index contributed by atoms with van der Waals surface area (Å²) in [5.41, 5.74) is 1.59. The lowest BCUT2D eigenvalue weighted by Gasteiger charge is -2.25. The molecule has 0 aromatic heterocycles. The molecule has 1 amide bonds. The zero-order valence-corrected chi connectivity index (χ0v) is 12.8. The number of benzene rings is 1. The number of esters is 1. The third-order valence-electron chi connectivity index (χ3n) is 3.24. The molecule has 116 valence electrons. The van der Waals surface area contributed by atoms with Crippen molar-refractivity contribution in [1.82, 2.24) is 4.90 Å². The predicted molar refractivity (Wildman–Crippen MR) is 80.0 cm³/mol. The first-order chi connectivity index (χ1) is 9.99. The molecule has 21 heavy (non-hydrogen) atoms. The average molecular weight is 293 g/mol. The highest BCUT2D eigenvalue weighted by Crippen LogP contribution is 2.11. The molecule has 0 aliphatic carbocycles. The van der Waals surface area contributed by atoms with Crippen LogP contribution >= 0.6 is 0 Å². The van der Waals surface area contributed by atoms with E-state index in [0.717, 1.165) is 5.56 Å². The normalized spacial score (nSPS) is 11.8. The molecule has 0 aliphatic rings. The van der Waals surface area contributed by atoms with E-state index in [-0.39, 0.29) is 25.0 Å². The van der Waals surface area contributed by atoms with E-state index >= 15 is 0 Å². The first kappa shape index (κ1) is 17.2. The first-order valence-electron chi connectivity index (χ1n) is 7.04. The molecule has 0 heterocycles. The van der Waals surface area contributed by atoms with Crippen molar-refractivity contribution in [3.8, 4) is 0 Å². The molecule has 0 spiro atoms. The Kier molecular flexibility index (Phi) is 6.88. The fourth-order valence-electron chi connectivity index (χ4n) is 2.10. The minimum absolute atomic E-state index is 0.00417. The minimum atomic E-state index is -0.401. The summed E-state index contributed by atoms with van der Waals surface area (Å²) in [5, 5.41) is 8.97. The number of nitrogens with zero attached hydrogens (tertiary/aromatic N) is 1. The highest BCUT2D eigenvalue weighted by atomic mass is 16.5. The van der Waals surface area contributed by atoms with E-state index in [1.807, 2.05) is 25.1 Å². The van der Waals surface area contributed by atoms with Gasteiger partial charge in [-0.25, -0.2) is 0 Å². The summed E-state index contributed by atoms with van der Waals surface area (Å²) < 4.78 is 4.70. The van der Waals surface area contributed by atoms with Crippen LogP contribution in [0.5, 0.6) is 0 Å². The van der Waals surface area contributed by atoms with Gasteiger partial charge in [-0.2, -0.15) is 0 Å². The third-order valence-corrected chi connectivity index (χ3v) is 3.24. The van der Waals surface area contributed by atoms with Crippen LogP contribution in [-0.2, 0) is 9.53 Å². The molecule has 0 saturated carbocycles. The smallest absolute Gasteiger partial charge is 0.310 e. The van der Waals surface area contributed by atoms with Gasteiger partial charge in [-0.3, -0.25) is 9.59 Å². The molecule has 5 nitrogen and oxygen atoms in total. The number of carbonyl (C=O) groups excluding carboxylic acids is 2. The van der Waals surface area contributed by atoms with Gasteiger partial charge in [0.15, 0.2) is 0 Å². The standard InChI is InChI=1S/C16H23NO4/c1-12-6-4-7-14(10-12)15(19)17(8-5-9-18)11-13(2)16(20)21-3/h4,6-7,10,13,18H,5,8-9,11H2,1-3H3. The van der Waals surface area contributed by atoms with E-state index in [1.165, 1.54) is 7.11 Å². The fourth-order valence-corrected chi connectivity index (χ4v) is 2.10. The molecule has 5 heteroatoms. The Labute approximate surface area is 125 Å². The second-order valence-corrected chi connectivity index (χ2v) is 5.12. The summed E-state index contributed by atoms with van der Waals surface area (Å²) in [6.45, 7) is 4.33. The van der Waals surface area contributed by atoms with Gasteiger partial charge in [-0.15, -0.1) is 0 Å². The maximum Gasteiger partial charge on any atom is 0.310 e. The average Bonchev–Trinajstić information content (AvgIpc) is 2.49. The molecule has 0 fully saturated rings. The molecular formula is C16H23NO4. The Morgan fingerprint density at radius 1 is 1.38 bits per heavy atom. The second kappa shape index (κ2) is 8.42. The van der Waals surface area contributed by atoms with Crippen molar-refractivity contribution >= 4 is 11.9 Å². The van der Waals surface area contributed by atoms with E-state index < -0.39 is 5.92 Å². The molecule has 1 N–H and O–H groups in total. The maximum atomic E-state index is 12.5. The number of carbonyl (C=O) groups is 2. The van der Waals surface area contributed by atoms with Gasteiger partial charge in [-0.1, -0.05) is 24.6 Å². The van der Waals surface area contributed by atoms with E-state index in [4.69, 9.17) is 9.84 Å². The largest absolute Gasteiger partial charge is 0.469 e. The molecule has 1 aromatic carbocycles. The van der Waals surface area contributed by atoms with Gasteiger partial charge in [0.05, 0.1) is 13.0 Å². The van der Waals surface area contributed by atoms with Crippen LogP contribution in [0.4, 0.5) is 0 Å². The van der Waals surface area contributed by atoms with Crippen LogP contribution in [0.25, 0.3) is 0 Å². The van der Waals surface area contributed by atoms with Gasteiger partial charge in [0.1, 0.15) is 0 Å². The Morgan fingerprint density at radius 2 is 2.10 bits per heavy atom. The fraction of sp³-hybridized carbons (Fsp3) is 0.500. The molecule has 1 unspecified atom stereocenters. The highest BCUT2D eigenvalue weighted by molar-refractivity contribution is 5.94. The van der Waals surface area contributed by atoms with E-state index in [0.29, 0.717) is 18.5 Å². The van der Waals surface area contributed by atoms with Gasteiger partial charge in [0, 0.05) is 25.3 Å². The number of aryl methyl sites for hydroxylation is 1. The highest BCUT2D eigenvalue weighted by Gasteiger charge is 2.22. The van der Waals surface area contributed by atoms with Gasteiger partial charge in [0.25, 0.3) is 5.91 Å². The number of hydrogen-bond acceptors (Lipinski definition) is 4. The summed E-state index contributed by atoms with van der Waals surface area (Å²) in [6, 6.07) is 7.32. The van der Waals surface area contributed by atoms with Gasteiger partial charge in [0.2, 0.25) is 0 Å². The number of rotatable bonds is 7. The van der Waals surface area contributed by atoms with Crippen LogP contribution in [-0.4, -0.2) is 48.7 Å². The van der Waals surface area contributed by atoms with Crippen LogP contribution in [0.2, 0.25) is 0 Å². The Morgan fingerprint density at radius 3 is 2.67 bits per heavy atom. The molecule has 0 bridgehead atoms. The van der Waals surface area contributed by atoms with Crippen molar-refractivity contribution in [2.24, 2.45) is 5.92 Å². The second-order valence-electron chi connectivity index (χ2n) is 5.12. The number of methoxy groups -OCH3 is 1. The quantitative estimate of drug-likeness (QED) is 0.776. The van der Waals surface area contributed by atoms with Crippen LogP contribution in [0, 0.1) is 12.8 Å². The van der Waals surface area contributed by atoms with Crippen molar-refractivity contribution in [1.29, 1.82) is 0 Å². The summed E-state index contributed by atoms with van der Waals surface area (Å²) >= 11 is 0. The van der Waals surface area contributed by atoms with Crippen LogP contribution in [0.1, 0.15) is 29.3 Å². The van der Waals surface area contributed by atoms with Crippen molar-refractivity contribution in [3.63, 3.8) is 0 Å². The van der Waals surface area contributed by atoms with Crippen molar-refractivity contribution in [2.45, 2.75) is 20.3 Å².